The highest BCUT2D eigenvalue weighted by Gasteiger charge is 2.38. The smallest absolute Gasteiger partial charge is 0.490 e. The van der Waals surface area contributed by atoms with E-state index in [0.29, 0.717) is 25.4 Å². The van der Waals surface area contributed by atoms with Crippen molar-refractivity contribution in [3.05, 3.63) is 23.2 Å². The summed E-state index contributed by atoms with van der Waals surface area (Å²) >= 11 is 6.11. The summed E-state index contributed by atoms with van der Waals surface area (Å²) in [6, 6.07) is 4.39. The maximum atomic E-state index is 13.2. The standard InChI is InChI=1S/C18H29ClN4O4S.C2HF3O2/c1-21(2)12-13-23(9-6-18(24)22-10-7-20-8-11-22)28(25,26)15-4-5-17(27-3)16(19)14-15;3-2(4,5)1(6)7/h4-5,14,20H,6-13H2,1-3H3;(H,6,7). The highest BCUT2D eigenvalue weighted by molar-refractivity contribution is 7.89. The Morgan fingerprint density at radius 1 is 1.17 bits per heavy atom. The van der Waals surface area contributed by atoms with E-state index in [-0.39, 0.29) is 35.3 Å². The molecule has 1 aliphatic heterocycles. The van der Waals surface area contributed by atoms with Gasteiger partial charge in [0.2, 0.25) is 15.9 Å². The molecule has 2 rings (SSSR count). The number of sulfonamides is 1. The Morgan fingerprint density at radius 3 is 2.20 bits per heavy atom. The minimum Gasteiger partial charge on any atom is -0.495 e. The zero-order valence-electron chi connectivity index (χ0n) is 19.6. The molecule has 0 aliphatic carbocycles. The van der Waals surface area contributed by atoms with E-state index in [1.807, 2.05) is 19.0 Å². The van der Waals surface area contributed by atoms with Crippen LogP contribution >= 0.6 is 11.6 Å². The summed E-state index contributed by atoms with van der Waals surface area (Å²) in [6.07, 6.45) is -4.93. The predicted molar refractivity (Wildman–Crippen MR) is 123 cm³/mol. The number of benzene rings is 1. The number of hydrogen-bond donors (Lipinski definition) is 2. The molecule has 10 nitrogen and oxygen atoms in total. The molecule has 1 amide bonds. The van der Waals surface area contributed by atoms with Crippen molar-refractivity contribution in [3.63, 3.8) is 0 Å². The van der Waals surface area contributed by atoms with Gasteiger partial charge in [-0.15, -0.1) is 0 Å². The summed E-state index contributed by atoms with van der Waals surface area (Å²) < 4.78 is 64.5. The van der Waals surface area contributed by atoms with E-state index in [2.05, 4.69) is 5.32 Å². The molecule has 1 aliphatic rings. The van der Waals surface area contributed by atoms with Crippen molar-refractivity contribution in [2.75, 3.05) is 67.0 Å². The predicted octanol–water partition coefficient (Wildman–Crippen LogP) is 1.36. The number of hydrogen-bond acceptors (Lipinski definition) is 7. The fourth-order valence-corrected chi connectivity index (χ4v) is 4.69. The number of halogens is 4. The number of rotatable bonds is 9. The fourth-order valence-electron chi connectivity index (χ4n) is 2.91. The third-order valence-corrected chi connectivity index (χ3v) is 7.03. The molecule has 0 aromatic heterocycles. The first-order valence-electron chi connectivity index (χ1n) is 10.5. The third kappa shape index (κ3) is 10.2. The number of ether oxygens (including phenoxy) is 1. The zero-order valence-corrected chi connectivity index (χ0v) is 21.2. The van der Waals surface area contributed by atoms with Crippen molar-refractivity contribution in [3.8, 4) is 5.75 Å². The number of aliphatic carboxylic acids is 1. The molecule has 35 heavy (non-hydrogen) atoms. The van der Waals surface area contributed by atoms with Gasteiger partial charge in [-0.25, -0.2) is 13.2 Å². The fraction of sp³-hybridized carbons (Fsp3) is 0.600. The second kappa shape index (κ2) is 13.8. The zero-order chi connectivity index (χ0) is 26.8. The van der Waals surface area contributed by atoms with E-state index in [4.69, 9.17) is 26.2 Å². The van der Waals surface area contributed by atoms with Gasteiger partial charge >= 0.3 is 12.1 Å². The normalized spacial score (nSPS) is 14.5. The minimum absolute atomic E-state index is 0.0284. The Hall–Kier alpha value is -2.13. The number of nitrogens with one attached hydrogen (secondary N) is 1. The van der Waals surface area contributed by atoms with Gasteiger partial charge in [-0.3, -0.25) is 4.79 Å². The van der Waals surface area contributed by atoms with Crippen LogP contribution in [0.5, 0.6) is 5.75 Å². The van der Waals surface area contributed by atoms with E-state index in [1.165, 1.54) is 29.6 Å². The van der Waals surface area contributed by atoms with E-state index >= 15 is 0 Å². The molecule has 1 aromatic carbocycles. The molecular weight excluding hydrogens is 517 g/mol. The van der Waals surface area contributed by atoms with Crippen LogP contribution in [0.3, 0.4) is 0 Å². The molecule has 0 radical (unpaired) electrons. The van der Waals surface area contributed by atoms with E-state index in [1.54, 1.807) is 4.90 Å². The molecule has 0 saturated carbocycles. The van der Waals surface area contributed by atoms with Gasteiger partial charge in [0.1, 0.15) is 5.75 Å². The lowest BCUT2D eigenvalue weighted by molar-refractivity contribution is -0.192. The van der Waals surface area contributed by atoms with Crippen LogP contribution < -0.4 is 10.1 Å². The van der Waals surface area contributed by atoms with Gasteiger partial charge in [-0.05, 0) is 32.3 Å². The van der Waals surface area contributed by atoms with Gasteiger partial charge in [0.05, 0.1) is 17.0 Å². The lowest BCUT2D eigenvalue weighted by Crippen LogP contribution is -2.47. The van der Waals surface area contributed by atoms with Crippen molar-refractivity contribution in [1.82, 2.24) is 19.4 Å². The highest BCUT2D eigenvalue weighted by atomic mass is 35.5. The summed E-state index contributed by atoms with van der Waals surface area (Å²) in [4.78, 5) is 25.1. The number of piperazine rings is 1. The Labute approximate surface area is 207 Å². The molecule has 2 N–H and O–H groups in total. The first-order chi connectivity index (χ1) is 16.2. The summed E-state index contributed by atoms with van der Waals surface area (Å²) in [6.45, 7) is 3.79. The van der Waals surface area contributed by atoms with Crippen molar-refractivity contribution in [2.24, 2.45) is 0 Å². The van der Waals surface area contributed by atoms with E-state index in [0.717, 1.165) is 13.1 Å². The Balaban J connectivity index is 0.000000762. The highest BCUT2D eigenvalue weighted by Crippen LogP contribution is 2.28. The van der Waals surface area contributed by atoms with Gasteiger partial charge in [-0.1, -0.05) is 11.6 Å². The SMILES string of the molecule is COc1ccc(S(=O)(=O)N(CCC(=O)N2CCNCC2)CCN(C)C)cc1Cl.O=C(O)C(F)(F)F. The molecule has 1 heterocycles. The van der Waals surface area contributed by atoms with Crippen LogP contribution in [0.25, 0.3) is 0 Å². The Kier molecular flexibility index (Phi) is 12.2. The van der Waals surface area contributed by atoms with Crippen LogP contribution in [0.1, 0.15) is 6.42 Å². The molecule has 1 aromatic rings. The number of alkyl halides is 3. The lowest BCUT2D eigenvalue weighted by Gasteiger charge is -2.29. The van der Waals surface area contributed by atoms with Crippen molar-refractivity contribution >= 4 is 33.5 Å². The van der Waals surface area contributed by atoms with Crippen LogP contribution in [0.2, 0.25) is 5.02 Å². The molecule has 15 heteroatoms. The number of carboxylic acids is 1. The minimum atomic E-state index is -5.08. The Morgan fingerprint density at radius 2 is 1.74 bits per heavy atom. The van der Waals surface area contributed by atoms with Crippen LogP contribution in [-0.2, 0) is 19.6 Å². The summed E-state index contributed by atoms with van der Waals surface area (Å²) in [7, 11) is 1.44. The van der Waals surface area contributed by atoms with Gasteiger partial charge in [0.15, 0.2) is 0 Å². The third-order valence-electron chi connectivity index (χ3n) is 4.84. The molecule has 1 fully saturated rings. The number of carbonyl (C=O) groups excluding carboxylic acids is 1. The first kappa shape index (κ1) is 30.9. The number of nitrogens with zero attached hydrogens (tertiary/aromatic N) is 3. The van der Waals surface area contributed by atoms with Crippen molar-refractivity contribution in [2.45, 2.75) is 17.5 Å². The molecular formula is C20H30ClF3N4O6S. The summed E-state index contributed by atoms with van der Waals surface area (Å²) in [5, 5.41) is 10.6. The van der Waals surface area contributed by atoms with Gasteiger partial charge in [-0.2, -0.15) is 17.5 Å². The van der Waals surface area contributed by atoms with E-state index < -0.39 is 22.2 Å². The van der Waals surface area contributed by atoms with Crippen LogP contribution in [0.15, 0.2) is 23.1 Å². The quantitative estimate of drug-likeness (QED) is 0.476. The number of methoxy groups -OCH3 is 1. The molecule has 1 saturated heterocycles. The van der Waals surface area contributed by atoms with Gasteiger partial charge < -0.3 is 25.0 Å². The first-order valence-corrected chi connectivity index (χ1v) is 12.3. The van der Waals surface area contributed by atoms with Crippen molar-refractivity contribution < 1.29 is 41.0 Å². The molecule has 0 atom stereocenters. The van der Waals surface area contributed by atoms with Gasteiger partial charge in [0.25, 0.3) is 0 Å². The average molecular weight is 547 g/mol. The summed E-state index contributed by atoms with van der Waals surface area (Å²) in [5.41, 5.74) is 0. The van der Waals surface area contributed by atoms with Crippen LogP contribution in [0.4, 0.5) is 13.2 Å². The molecule has 0 bridgehead atoms. The number of carboxylic acid groups (broad SMARTS) is 1. The average Bonchev–Trinajstić information content (AvgIpc) is 2.78. The Bertz CT molecular complexity index is 957. The molecule has 0 spiro atoms. The second-order valence-corrected chi connectivity index (χ2v) is 10.0. The number of likely N-dealkylation sites (N-methyl/N-ethyl adjacent to an activating group) is 1. The largest absolute Gasteiger partial charge is 0.495 e. The molecule has 0 unspecified atom stereocenters. The van der Waals surface area contributed by atoms with Crippen LogP contribution in [0, 0.1) is 0 Å². The monoisotopic (exact) mass is 546 g/mol. The van der Waals surface area contributed by atoms with Crippen molar-refractivity contribution in [1.29, 1.82) is 0 Å². The van der Waals surface area contributed by atoms with Crippen LogP contribution in [-0.4, -0.2) is 113 Å². The maximum Gasteiger partial charge on any atom is 0.490 e. The van der Waals surface area contributed by atoms with E-state index in [9.17, 15) is 26.4 Å². The number of carbonyl (C=O) groups is 2. The lowest BCUT2D eigenvalue weighted by atomic mass is 10.3. The summed E-state index contributed by atoms with van der Waals surface area (Å²) in [5.74, 6) is -2.37. The number of amides is 1. The maximum absolute atomic E-state index is 13.2. The molecule has 200 valence electrons. The second-order valence-electron chi connectivity index (χ2n) is 7.69. The topological polar surface area (TPSA) is 119 Å². The van der Waals surface area contributed by atoms with Gasteiger partial charge in [0, 0.05) is 52.2 Å².